The van der Waals surface area contributed by atoms with Crippen LogP contribution in [0.25, 0.3) is 0 Å². The molecule has 1 aliphatic carbocycles. The highest BCUT2D eigenvalue weighted by Crippen LogP contribution is 2.40. The van der Waals surface area contributed by atoms with Gasteiger partial charge in [-0.05, 0) is 112 Å². The highest BCUT2D eigenvalue weighted by atomic mass is 16.4. The molecule has 4 aromatic rings. The Balaban J connectivity index is 0.000000207. The number of aromatic hydroxyl groups is 2. The maximum absolute atomic E-state index is 12.2. The number of carbonyl (C=O) groups excluding carboxylic acids is 2. The molecule has 0 unspecified atom stereocenters. The van der Waals surface area contributed by atoms with E-state index >= 15 is 0 Å². The van der Waals surface area contributed by atoms with Crippen LogP contribution in [-0.2, 0) is 28.9 Å². The number of nitrogens with one attached hydrogen (secondary N) is 2. The van der Waals surface area contributed by atoms with Gasteiger partial charge in [0.25, 0.3) is 11.8 Å². The zero-order valence-electron chi connectivity index (χ0n) is 35.8. The van der Waals surface area contributed by atoms with E-state index in [9.17, 15) is 29.4 Å². The minimum absolute atomic E-state index is 0.170. The molecule has 4 heterocycles. The second kappa shape index (κ2) is 21.0. The number of aryl methyl sites for hydroxylation is 3. The number of nitrogens with zero attached hydrogens (tertiary/aromatic N) is 6. The van der Waals surface area contributed by atoms with Crippen LogP contribution in [-0.4, -0.2) is 103 Å². The Morgan fingerprint density at radius 1 is 0.613 bits per heavy atom. The molecule has 330 valence electrons. The van der Waals surface area contributed by atoms with E-state index in [4.69, 9.17) is 10.2 Å². The second-order valence-corrected chi connectivity index (χ2v) is 16.5. The molecule has 0 spiro atoms. The van der Waals surface area contributed by atoms with Gasteiger partial charge in [0.2, 0.25) is 0 Å². The summed E-state index contributed by atoms with van der Waals surface area (Å²) in [6.07, 6.45) is 10.1. The molecule has 2 aliphatic heterocycles. The highest BCUT2D eigenvalue weighted by Gasteiger charge is 2.27. The Morgan fingerprint density at radius 3 is 1.39 bits per heavy atom. The van der Waals surface area contributed by atoms with Crippen molar-refractivity contribution in [1.29, 1.82) is 0 Å². The van der Waals surface area contributed by atoms with Crippen molar-refractivity contribution in [2.75, 3.05) is 49.1 Å². The van der Waals surface area contributed by atoms with E-state index in [-0.39, 0.29) is 22.9 Å². The van der Waals surface area contributed by atoms with Crippen molar-refractivity contribution in [3.05, 3.63) is 94.1 Å². The average Bonchev–Trinajstić information content (AvgIpc) is 4.12. The molecular formula is C46H58N8O8. The monoisotopic (exact) mass is 850 g/mol. The van der Waals surface area contributed by atoms with Gasteiger partial charge >= 0.3 is 11.9 Å². The fraction of sp³-hybridized carbons (Fsp3) is 0.478. The van der Waals surface area contributed by atoms with Crippen LogP contribution in [0.15, 0.2) is 48.5 Å². The van der Waals surface area contributed by atoms with E-state index in [1.165, 1.54) is 35.3 Å². The van der Waals surface area contributed by atoms with Crippen molar-refractivity contribution in [2.45, 2.75) is 90.9 Å². The van der Waals surface area contributed by atoms with E-state index in [0.717, 1.165) is 70.6 Å². The molecular weight excluding hydrogens is 793 g/mol. The van der Waals surface area contributed by atoms with Gasteiger partial charge in [-0.1, -0.05) is 37.6 Å². The lowest BCUT2D eigenvalue weighted by Gasteiger charge is -2.33. The zero-order chi connectivity index (χ0) is 44.3. The number of aromatic nitrogens is 4. The summed E-state index contributed by atoms with van der Waals surface area (Å²) in [6, 6.07) is 17.8. The zero-order valence-corrected chi connectivity index (χ0v) is 35.8. The number of anilines is 2. The second-order valence-electron chi connectivity index (χ2n) is 16.5. The number of carbonyl (C=O) groups is 4. The predicted molar refractivity (Wildman–Crippen MR) is 233 cm³/mol. The van der Waals surface area contributed by atoms with Crippen LogP contribution in [0.5, 0.6) is 11.5 Å². The topological polar surface area (TPSA) is 231 Å². The standard InChI is InChI=1S/C23H28N4O4.C23H30N4O4/c1-14-22(30)21(23(31)24-13-20(28)29)26-19(25-14)12-15-8-10-27(11-9-15)18-6-4-17(5-7-18)16-2-3-16;1-3-4-16-5-7-18(8-6-16)27-11-9-17(10-12-27)13-19-25-15(2)22(30)21(26-19)23(31)24-14-20(28)29/h4-7,15-16,30H,2-3,8-13H2,1H3,(H,24,31)(H,28,29);5-8,17,30H,3-4,9-14H2,1-2H3,(H,24,31)(H,28,29). The van der Waals surface area contributed by atoms with Gasteiger partial charge in [0.1, 0.15) is 24.7 Å². The summed E-state index contributed by atoms with van der Waals surface area (Å²) < 4.78 is 0. The minimum atomic E-state index is -1.16. The minimum Gasteiger partial charge on any atom is -0.504 e. The SMILES string of the molecule is CCCc1ccc(N2CCC(Cc3nc(C)c(O)c(C(=O)NCC(=O)O)n3)CC2)cc1.Cc1nc(CC2CCN(c3ccc(C4CC4)cc3)CC2)nc(C(=O)NCC(=O)O)c1O. The van der Waals surface area contributed by atoms with Crippen molar-refractivity contribution < 1.29 is 39.6 Å². The number of amides is 2. The van der Waals surface area contributed by atoms with Crippen molar-refractivity contribution >= 4 is 35.1 Å². The molecule has 6 N–H and O–H groups in total. The summed E-state index contributed by atoms with van der Waals surface area (Å²) in [5, 5.41) is 42.2. The summed E-state index contributed by atoms with van der Waals surface area (Å²) in [5.74, 6) is -1.83. The first-order valence-corrected chi connectivity index (χ1v) is 21.6. The molecule has 2 amide bonds. The molecule has 3 fully saturated rings. The number of carboxylic acid groups (broad SMARTS) is 2. The van der Waals surface area contributed by atoms with E-state index in [0.29, 0.717) is 47.7 Å². The van der Waals surface area contributed by atoms with Crippen LogP contribution in [0.3, 0.4) is 0 Å². The summed E-state index contributed by atoms with van der Waals surface area (Å²) in [7, 11) is 0. The number of carboxylic acids is 2. The molecule has 62 heavy (non-hydrogen) atoms. The Bertz CT molecular complexity index is 2200. The Labute approximate surface area is 361 Å². The highest BCUT2D eigenvalue weighted by molar-refractivity contribution is 5.97. The maximum Gasteiger partial charge on any atom is 0.322 e. The average molecular weight is 851 g/mol. The molecule has 0 radical (unpaired) electrons. The molecule has 2 aromatic heterocycles. The molecule has 0 atom stereocenters. The lowest BCUT2D eigenvalue weighted by atomic mass is 9.92. The Hall–Kier alpha value is -6.32. The maximum atomic E-state index is 12.2. The summed E-state index contributed by atoms with van der Waals surface area (Å²) >= 11 is 0. The first-order chi connectivity index (χ1) is 29.8. The first-order valence-electron chi connectivity index (χ1n) is 21.6. The molecule has 1 saturated carbocycles. The molecule has 16 nitrogen and oxygen atoms in total. The number of benzene rings is 2. The quantitative estimate of drug-likeness (QED) is 0.0885. The summed E-state index contributed by atoms with van der Waals surface area (Å²) in [5.41, 5.74) is 5.61. The van der Waals surface area contributed by atoms with E-state index in [2.05, 4.69) is 95.8 Å². The van der Waals surface area contributed by atoms with Gasteiger partial charge in [-0.15, -0.1) is 0 Å². The van der Waals surface area contributed by atoms with E-state index in [1.54, 1.807) is 13.8 Å². The Morgan fingerprint density at radius 2 is 1.02 bits per heavy atom. The molecule has 16 heteroatoms. The normalized spacial score (nSPS) is 15.7. The van der Waals surface area contributed by atoms with Crippen LogP contribution in [0.4, 0.5) is 11.4 Å². The van der Waals surface area contributed by atoms with Gasteiger partial charge in [0.05, 0.1) is 11.4 Å². The third-order valence-electron chi connectivity index (χ3n) is 11.8. The third-order valence-corrected chi connectivity index (χ3v) is 11.8. The van der Waals surface area contributed by atoms with Gasteiger partial charge in [0.15, 0.2) is 22.9 Å². The van der Waals surface area contributed by atoms with Crippen LogP contribution in [0.2, 0.25) is 0 Å². The van der Waals surface area contributed by atoms with Crippen LogP contribution in [0.1, 0.15) is 113 Å². The largest absolute Gasteiger partial charge is 0.504 e. The van der Waals surface area contributed by atoms with Crippen LogP contribution in [0, 0.1) is 25.7 Å². The van der Waals surface area contributed by atoms with Gasteiger partial charge in [-0.2, -0.15) is 0 Å². The fourth-order valence-electron chi connectivity index (χ4n) is 8.07. The van der Waals surface area contributed by atoms with Crippen molar-refractivity contribution in [2.24, 2.45) is 11.8 Å². The van der Waals surface area contributed by atoms with Crippen LogP contribution >= 0.6 is 0 Å². The predicted octanol–water partition coefficient (Wildman–Crippen LogP) is 5.36. The number of piperidine rings is 2. The smallest absolute Gasteiger partial charge is 0.322 e. The fourth-order valence-corrected chi connectivity index (χ4v) is 8.07. The molecule has 2 aromatic carbocycles. The van der Waals surface area contributed by atoms with Gasteiger partial charge in [-0.25, -0.2) is 19.9 Å². The molecule has 3 aliphatic rings. The van der Waals surface area contributed by atoms with E-state index in [1.807, 2.05) is 0 Å². The molecule has 7 rings (SSSR count). The summed E-state index contributed by atoms with van der Waals surface area (Å²) in [4.78, 5) is 67.7. The lowest BCUT2D eigenvalue weighted by molar-refractivity contribution is -0.136. The van der Waals surface area contributed by atoms with Crippen molar-refractivity contribution in [3.63, 3.8) is 0 Å². The Kier molecular flexibility index (Phi) is 15.3. The molecule has 0 bridgehead atoms. The van der Waals surface area contributed by atoms with Gasteiger partial charge in [-0.3, -0.25) is 19.2 Å². The van der Waals surface area contributed by atoms with Crippen molar-refractivity contribution in [3.8, 4) is 11.5 Å². The number of aliphatic carboxylic acids is 2. The first kappa shape index (κ1) is 45.2. The van der Waals surface area contributed by atoms with Gasteiger partial charge in [0, 0.05) is 50.4 Å². The van der Waals surface area contributed by atoms with Crippen molar-refractivity contribution in [1.82, 2.24) is 30.6 Å². The van der Waals surface area contributed by atoms with Gasteiger partial charge < -0.3 is 40.9 Å². The van der Waals surface area contributed by atoms with Crippen LogP contribution < -0.4 is 20.4 Å². The summed E-state index contributed by atoms with van der Waals surface area (Å²) in [6.45, 7) is 8.14. The molecule has 2 saturated heterocycles. The number of hydrogen-bond acceptors (Lipinski definition) is 12. The number of rotatable bonds is 15. The number of hydrogen-bond donors (Lipinski definition) is 6. The third kappa shape index (κ3) is 12.4. The lowest BCUT2D eigenvalue weighted by Crippen LogP contribution is -2.34. The van der Waals surface area contributed by atoms with E-state index < -0.39 is 36.8 Å².